The van der Waals surface area contributed by atoms with Crippen molar-refractivity contribution in [2.45, 2.75) is 18.7 Å². The van der Waals surface area contributed by atoms with Gasteiger partial charge in [-0.15, -0.1) is 0 Å². The van der Waals surface area contributed by atoms with Crippen LogP contribution >= 0.6 is 0 Å². The molecule has 0 fully saturated rings. The molecule has 18 heavy (non-hydrogen) atoms. The zero-order valence-corrected chi connectivity index (χ0v) is 10.9. The van der Waals surface area contributed by atoms with E-state index in [1.54, 1.807) is 12.1 Å². The highest BCUT2D eigenvalue weighted by molar-refractivity contribution is 7.92. The highest BCUT2D eigenvalue weighted by Gasteiger charge is 2.20. The second-order valence-corrected chi connectivity index (χ2v) is 5.65. The Hall–Kier alpha value is -2.02. The molecule has 2 rings (SSSR count). The lowest BCUT2D eigenvalue weighted by Crippen LogP contribution is -2.14. The molecule has 1 heterocycles. The van der Waals surface area contributed by atoms with E-state index in [2.05, 4.69) is 14.9 Å². The van der Waals surface area contributed by atoms with Gasteiger partial charge in [0.15, 0.2) is 0 Å². The lowest BCUT2D eigenvalue weighted by molar-refractivity contribution is 0.601. The first-order valence-electron chi connectivity index (χ1n) is 5.29. The van der Waals surface area contributed by atoms with Crippen LogP contribution in [0.1, 0.15) is 11.1 Å². The molecule has 0 aliphatic rings. The highest BCUT2D eigenvalue weighted by Crippen LogP contribution is 2.23. The van der Waals surface area contributed by atoms with Gasteiger partial charge in [0, 0.05) is 0 Å². The van der Waals surface area contributed by atoms with Crippen molar-refractivity contribution in [2.24, 2.45) is 0 Å². The van der Waals surface area contributed by atoms with Gasteiger partial charge in [-0.1, -0.05) is 12.1 Å². The maximum Gasteiger partial charge on any atom is 0.267 e. The molecule has 1 aromatic heterocycles. The summed E-state index contributed by atoms with van der Waals surface area (Å²) in [6.07, 6.45) is 1.18. The summed E-state index contributed by atoms with van der Waals surface area (Å²) in [6.45, 7) is 3.77. The average Bonchev–Trinajstić information content (AvgIpc) is 2.72. The lowest BCUT2D eigenvalue weighted by atomic mass is 10.1. The van der Waals surface area contributed by atoms with Gasteiger partial charge in [-0.05, 0) is 31.0 Å². The number of anilines is 2. The summed E-state index contributed by atoms with van der Waals surface area (Å²) in [5, 5.41) is 6.00. The number of aromatic nitrogens is 2. The van der Waals surface area contributed by atoms with E-state index in [-0.39, 0.29) is 10.7 Å². The molecule has 0 aliphatic carbocycles. The molecule has 0 saturated carbocycles. The van der Waals surface area contributed by atoms with Crippen LogP contribution in [0.3, 0.4) is 0 Å². The molecule has 0 amide bonds. The fourth-order valence-electron chi connectivity index (χ4n) is 1.56. The van der Waals surface area contributed by atoms with Crippen molar-refractivity contribution < 1.29 is 8.42 Å². The number of rotatable bonds is 3. The maximum absolute atomic E-state index is 12.1. The Morgan fingerprint density at radius 2 is 2.06 bits per heavy atom. The first kappa shape index (κ1) is 12.4. The van der Waals surface area contributed by atoms with E-state index < -0.39 is 10.0 Å². The van der Waals surface area contributed by atoms with Gasteiger partial charge in [0.25, 0.3) is 10.0 Å². The lowest BCUT2D eigenvalue weighted by Gasteiger charge is -2.11. The van der Waals surface area contributed by atoms with Gasteiger partial charge in [-0.25, -0.2) is 8.42 Å². The van der Waals surface area contributed by atoms with Crippen LogP contribution in [0.2, 0.25) is 0 Å². The Morgan fingerprint density at radius 3 is 2.67 bits per heavy atom. The smallest absolute Gasteiger partial charge is 0.267 e. The summed E-state index contributed by atoms with van der Waals surface area (Å²) < 4.78 is 26.7. The molecule has 0 unspecified atom stereocenters. The van der Waals surface area contributed by atoms with Gasteiger partial charge in [-0.3, -0.25) is 9.82 Å². The predicted octanol–water partition coefficient (Wildman–Crippen LogP) is 1.41. The monoisotopic (exact) mass is 266 g/mol. The van der Waals surface area contributed by atoms with Gasteiger partial charge in [0.2, 0.25) is 0 Å². The van der Waals surface area contributed by atoms with Crippen LogP contribution in [0, 0.1) is 13.8 Å². The molecule has 1 aromatic carbocycles. The molecule has 0 atom stereocenters. The van der Waals surface area contributed by atoms with E-state index in [1.807, 2.05) is 19.9 Å². The van der Waals surface area contributed by atoms with Gasteiger partial charge in [-0.2, -0.15) is 5.10 Å². The molecule has 7 heteroatoms. The van der Waals surface area contributed by atoms with Crippen LogP contribution in [-0.2, 0) is 10.0 Å². The maximum atomic E-state index is 12.1. The molecule has 0 bridgehead atoms. The molecule has 0 spiro atoms. The van der Waals surface area contributed by atoms with Crippen LogP contribution in [-0.4, -0.2) is 18.6 Å². The van der Waals surface area contributed by atoms with Crippen molar-refractivity contribution in [3.8, 4) is 0 Å². The first-order valence-corrected chi connectivity index (χ1v) is 6.78. The molecule has 0 radical (unpaired) electrons. The van der Waals surface area contributed by atoms with E-state index in [9.17, 15) is 8.42 Å². The minimum absolute atomic E-state index is 0.0211. The molecular weight excluding hydrogens is 252 g/mol. The van der Waals surface area contributed by atoms with E-state index in [0.717, 1.165) is 11.1 Å². The van der Waals surface area contributed by atoms with E-state index in [1.165, 1.54) is 6.20 Å². The Bertz CT molecular complexity index is 676. The van der Waals surface area contributed by atoms with E-state index in [0.29, 0.717) is 5.69 Å². The average molecular weight is 266 g/mol. The molecule has 96 valence electrons. The van der Waals surface area contributed by atoms with Crippen LogP contribution in [0.4, 0.5) is 11.5 Å². The summed E-state index contributed by atoms with van der Waals surface area (Å²) >= 11 is 0. The van der Waals surface area contributed by atoms with Gasteiger partial charge in [0.1, 0.15) is 10.7 Å². The third-order valence-electron chi connectivity index (χ3n) is 2.77. The fourth-order valence-corrected chi connectivity index (χ4v) is 2.71. The van der Waals surface area contributed by atoms with Crippen LogP contribution in [0.25, 0.3) is 0 Å². The van der Waals surface area contributed by atoms with Gasteiger partial charge in [0.05, 0.1) is 11.9 Å². The van der Waals surface area contributed by atoms with Crippen molar-refractivity contribution in [1.29, 1.82) is 0 Å². The van der Waals surface area contributed by atoms with E-state index >= 15 is 0 Å². The summed E-state index contributed by atoms with van der Waals surface area (Å²) in [5.74, 6) is 0.0211. The zero-order chi connectivity index (χ0) is 13.3. The third kappa shape index (κ3) is 2.17. The number of aryl methyl sites for hydroxylation is 1. The Morgan fingerprint density at radius 1 is 1.33 bits per heavy atom. The second kappa shape index (κ2) is 4.34. The third-order valence-corrected chi connectivity index (χ3v) is 4.16. The second-order valence-electron chi connectivity index (χ2n) is 4.00. The number of nitrogen functional groups attached to an aromatic ring is 1. The van der Waals surface area contributed by atoms with Crippen molar-refractivity contribution in [3.63, 3.8) is 0 Å². The summed E-state index contributed by atoms with van der Waals surface area (Å²) in [5.41, 5.74) is 7.94. The Balaban J connectivity index is 2.40. The number of hydrogen-bond donors (Lipinski definition) is 3. The van der Waals surface area contributed by atoms with Gasteiger partial charge >= 0.3 is 0 Å². The molecule has 6 nitrogen and oxygen atoms in total. The standard InChI is InChI=1S/C11H14N4O2S/c1-7-4-3-5-9(8(7)2)15-18(16,17)10-6-13-14-11(10)12/h3-6,15H,1-2H3,(H3,12,13,14). The van der Waals surface area contributed by atoms with Crippen molar-refractivity contribution in [1.82, 2.24) is 10.2 Å². The molecule has 2 aromatic rings. The number of sulfonamides is 1. The first-order chi connectivity index (χ1) is 8.42. The molecular formula is C11H14N4O2S. The number of H-pyrrole nitrogens is 1. The highest BCUT2D eigenvalue weighted by atomic mass is 32.2. The quantitative estimate of drug-likeness (QED) is 0.781. The topological polar surface area (TPSA) is 101 Å². The molecule has 4 N–H and O–H groups in total. The number of benzene rings is 1. The Labute approximate surface area is 105 Å². The van der Waals surface area contributed by atoms with Crippen molar-refractivity contribution in [3.05, 3.63) is 35.5 Å². The van der Waals surface area contributed by atoms with E-state index in [4.69, 9.17) is 5.73 Å². The SMILES string of the molecule is Cc1cccc(NS(=O)(=O)c2cn[nH]c2N)c1C. The van der Waals surface area contributed by atoms with Crippen molar-refractivity contribution >= 4 is 21.5 Å². The minimum Gasteiger partial charge on any atom is -0.383 e. The zero-order valence-electron chi connectivity index (χ0n) is 10.1. The van der Waals surface area contributed by atoms with Crippen LogP contribution in [0.15, 0.2) is 29.3 Å². The molecule has 0 saturated heterocycles. The number of nitrogens with two attached hydrogens (primary N) is 1. The predicted molar refractivity (Wildman–Crippen MR) is 69.7 cm³/mol. The van der Waals surface area contributed by atoms with Crippen LogP contribution < -0.4 is 10.5 Å². The largest absolute Gasteiger partial charge is 0.383 e. The minimum atomic E-state index is -3.71. The number of aromatic amines is 1. The number of nitrogens with one attached hydrogen (secondary N) is 2. The molecule has 0 aliphatic heterocycles. The summed E-state index contributed by atoms with van der Waals surface area (Å²) in [6, 6.07) is 5.41. The number of hydrogen-bond acceptors (Lipinski definition) is 4. The Kier molecular flexibility index (Phi) is 3.00. The summed E-state index contributed by atoms with van der Waals surface area (Å²) in [4.78, 5) is -0.0524. The number of nitrogens with zero attached hydrogens (tertiary/aromatic N) is 1. The summed E-state index contributed by atoms with van der Waals surface area (Å²) in [7, 11) is -3.71. The van der Waals surface area contributed by atoms with Gasteiger partial charge < -0.3 is 5.73 Å². The van der Waals surface area contributed by atoms with Crippen molar-refractivity contribution in [2.75, 3.05) is 10.5 Å². The van der Waals surface area contributed by atoms with Crippen LogP contribution in [0.5, 0.6) is 0 Å². The fraction of sp³-hybridized carbons (Fsp3) is 0.182. The normalized spacial score (nSPS) is 11.4.